The quantitative estimate of drug-likeness (QED) is 0.324. The second kappa shape index (κ2) is 9.31. The maximum absolute atomic E-state index is 11.1. The van der Waals surface area contributed by atoms with Gasteiger partial charge in [0, 0.05) is 23.4 Å². The topological polar surface area (TPSA) is 55.7 Å². The first-order chi connectivity index (χ1) is 14.1. The molecule has 0 amide bonds. The SMILES string of the molecule is C=CNc1cccc(Cl)c1/C(O)=C(\C)C(=C)N(CC)c1c(C)c(C)c(C)c(O)c1C. The molecule has 0 aliphatic heterocycles. The third kappa shape index (κ3) is 4.05. The number of nitrogens with zero attached hydrogens (tertiary/aromatic N) is 1. The van der Waals surface area contributed by atoms with E-state index in [1.54, 1.807) is 12.1 Å². The van der Waals surface area contributed by atoms with Gasteiger partial charge < -0.3 is 20.4 Å². The molecule has 0 saturated heterocycles. The number of hydrogen-bond donors (Lipinski definition) is 3. The zero-order valence-corrected chi connectivity index (χ0v) is 19.4. The number of phenols is 1. The predicted molar refractivity (Wildman–Crippen MR) is 130 cm³/mol. The van der Waals surface area contributed by atoms with Crippen LogP contribution in [0.4, 0.5) is 11.4 Å². The molecule has 0 aliphatic rings. The second-order valence-electron chi connectivity index (χ2n) is 7.37. The fourth-order valence-corrected chi connectivity index (χ4v) is 3.99. The number of rotatable bonds is 7. The van der Waals surface area contributed by atoms with Gasteiger partial charge in [-0.3, -0.25) is 0 Å². The summed E-state index contributed by atoms with van der Waals surface area (Å²) >= 11 is 6.40. The highest BCUT2D eigenvalue weighted by atomic mass is 35.5. The van der Waals surface area contributed by atoms with Crippen molar-refractivity contribution in [2.24, 2.45) is 0 Å². The van der Waals surface area contributed by atoms with Crippen LogP contribution in [0.25, 0.3) is 5.76 Å². The molecule has 4 nitrogen and oxygen atoms in total. The summed E-state index contributed by atoms with van der Waals surface area (Å²) in [6.45, 7) is 20.3. The van der Waals surface area contributed by atoms with Crippen molar-refractivity contribution in [2.45, 2.75) is 41.5 Å². The Morgan fingerprint density at radius 3 is 2.33 bits per heavy atom. The standard InChI is InChI=1S/C25H31ClN2O2/c1-9-27-21-13-11-12-20(26)22(21)25(30)17(6)19(8)28(10-2)23-15(4)14(3)16(5)24(29)18(23)7/h9,11-13,27,29-30H,1,8,10H2,2-7H3/b25-17-. The summed E-state index contributed by atoms with van der Waals surface area (Å²) in [5.41, 5.74) is 7.05. The fourth-order valence-electron chi connectivity index (χ4n) is 3.72. The van der Waals surface area contributed by atoms with Gasteiger partial charge in [-0.05, 0) is 76.6 Å². The average Bonchev–Trinajstić information content (AvgIpc) is 2.72. The van der Waals surface area contributed by atoms with Gasteiger partial charge in [0.15, 0.2) is 0 Å². The Morgan fingerprint density at radius 1 is 1.13 bits per heavy atom. The number of nitrogens with one attached hydrogen (secondary N) is 1. The van der Waals surface area contributed by atoms with E-state index in [1.165, 1.54) is 6.20 Å². The van der Waals surface area contributed by atoms with Crippen LogP contribution in [0, 0.1) is 27.7 Å². The van der Waals surface area contributed by atoms with Crippen LogP contribution in [0.2, 0.25) is 5.02 Å². The third-order valence-corrected chi connectivity index (χ3v) is 6.07. The van der Waals surface area contributed by atoms with Crippen LogP contribution in [0.3, 0.4) is 0 Å². The van der Waals surface area contributed by atoms with Crippen LogP contribution in [-0.4, -0.2) is 16.8 Å². The summed E-state index contributed by atoms with van der Waals surface area (Å²) in [5, 5.41) is 25.2. The minimum absolute atomic E-state index is 0.0387. The van der Waals surface area contributed by atoms with Gasteiger partial charge in [-0.15, -0.1) is 0 Å². The number of anilines is 2. The van der Waals surface area contributed by atoms with Gasteiger partial charge in [-0.2, -0.15) is 0 Å². The third-order valence-electron chi connectivity index (χ3n) is 5.75. The van der Waals surface area contributed by atoms with Crippen molar-refractivity contribution in [3.05, 3.63) is 81.7 Å². The Kier molecular flexibility index (Phi) is 7.27. The number of likely N-dealkylation sites (N-methyl/N-ethyl adjacent to an activating group) is 1. The summed E-state index contributed by atoms with van der Waals surface area (Å²) in [4.78, 5) is 2.01. The van der Waals surface area contributed by atoms with E-state index in [-0.39, 0.29) is 11.5 Å². The van der Waals surface area contributed by atoms with E-state index in [9.17, 15) is 10.2 Å². The van der Waals surface area contributed by atoms with Crippen LogP contribution >= 0.6 is 11.6 Å². The first-order valence-electron chi connectivity index (χ1n) is 9.90. The number of phenolic OH excluding ortho intramolecular Hbond substituents is 1. The van der Waals surface area contributed by atoms with Crippen LogP contribution in [0.15, 0.2) is 48.8 Å². The van der Waals surface area contributed by atoms with E-state index in [4.69, 9.17) is 11.6 Å². The van der Waals surface area contributed by atoms with E-state index < -0.39 is 0 Å². The molecule has 0 radical (unpaired) electrons. The molecule has 2 aromatic carbocycles. The Morgan fingerprint density at radius 2 is 1.77 bits per heavy atom. The van der Waals surface area contributed by atoms with Gasteiger partial charge in [-0.25, -0.2) is 0 Å². The fraction of sp³-hybridized carbons (Fsp3) is 0.280. The molecule has 2 aromatic rings. The number of aliphatic hydroxyl groups excluding tert-OH is 1. The number of benzene rings is 2. The number of aliphatic hydroxyl groups is 1. The minimum atomic E-state index is 0.0387. The lowest BCUT2D eigenvalue weighted by Crippen LogP contribution is -2.25. The van der Waals surface area contributed by atoms with Crippen molar-refractivity contribution in [1.82, 2.24) is 0 Å². The Balaban J connectivity index is 2.66. The van der Waals surface area contributed by atoms with Crippen molar-refractivity contribution in [2.75, 3.05) is 16.8 Å². The smallest absolute Gasteiger partial charge is 0.131 e. The van der Waals surface area contributed by atoms with Gasteiger partial charge in [-0.1, -0.05) is 30.8 Å². The molecule has 0 aromatic heterocycles. The Bertz CT molecular complexity index is 1010. The van der Waals surface area contributed by atoms with E-state index >= 15 is 0 Å². The molecule has 0 heterocycles. The molecule has 30 heavy (non-hydrogen) atoms. The van der Waals surface area contributed by atoms with E-state index in [2.05, 4.69) is 18.5 Å². The van der Waals surface area contributed by atoms with Crippen molar-refractivity contribution < 1.29 is 10.2 Å². The predicted octanol–water partition coefficient (Wildman–Crippen LogP) is 7.16. The van der Waals surface area contributed by atoms with Gasteiger partial charge in [0.2, 0.25) is 0 Å². The highest BCUT2D eigenvalue weighted by Gasteiger charge is 2.23. The summed E-state index contributed by atoms with van der Waals surface area (Å²) in [5.74, 6) is 0.325. The molecule has 0 fully saturated rings. The van der Waals surface area contributed by atoms with E-state index in [0.717, 1.165) is 27.9 Å². The normalized spacial score (nSPS) is 11.7. The highest BCUT2D eigenvalue weighted by Crippen LogP contribution is 2.40. The molecular formula is C25H31ClN2O2. The zero-order valence-electron chi connectivity index (χ0n) is 18.7. The van der Waals surface area contributed by atoms with Gasteiger partial charge in [0.05, 0.1) is 22.0 Å². The van der Waals surface area contributed by atoms with E-state index in [1.807, 2.05) is 52.5 Å². The van der Waals surface area contributed by atoms with E-state index in [0.29, 0.717) is 34.1 Å². The molecule has 0 saturated carbocycles. The van der Waals surface area contributed by atoms with Crippen LogP contribution in [0.5, 0.6) is 5.75 Å². The van der Waals surface area contributed by atoms with Crippen molar-refractivity contribution >= 4 is 28.7 Å². The summed E-state index contributed by atoms with van der Waals surface area (Å²) < 4.78 is 0. The van der Waals surface area contributed by atoms with Crippen molar-refractivity contribution in [3.8, 4) is 5.75 Å². The van der Waals surface area contributed by atoms with Crippen molar-refractivity contribution in [3.63, 3.8) is 0 Å². The zero-order chi connectivity index (χ0) is 22.7. The molecule has 3 N–H and O–H groups in total. The molecule has 0 spiro atoms. The average molecular weight is 427 g/mol. The minimum Gasteiger partial charge on any atom is -0.507 e. The maximum atomic E-state index is 11.1. The number of allylic oxidation sites excluding steroid dienone is 1. The first kappa shape index (κ1) is 23.4. The first-order valence-corrected chi connectivity index (χ1v) is 10.3. The lowest BCUT2D eigenvalue weighted by Gasteiger charge is -2.31. The summed E-state index contributed by atoms with van der Waals surface area (Å²) in [6.07, 6.45) is 1.54. The Labute approximate surface area is 184 Å². The van der Waals surface area contributed by atoms with Crippen LogP contribution in [-0.2, 0) is 0 Å². The monoisotopic (exact) mass is 426 g/mol. The molecule has 0 atom stereocenters. The summed E-state index contributed by atoms with van der Waals surface area (Å²) in [6, 6.07) is 5.35. The van der Waals surface area contributed by atoms with Gasteiger partial charge >= 0.3 is 0 Å². The van der Waals surface area contributed by atoms with Crippen molar-refractivity contribution in [1.29, 1.82) is 0 Å². The number of aromatic hydroxyl groups is 1. The lowest BCUT2D eigenvalue weighted by atomic mass is 9.95. The molecule has 5 heteroatoms. The number of halogens is 1. The molecule has 0 unspecified atom stereocenters. The van der Waals surface area contributed by atoms with Gasteiger partial charge in [0.25, 0.3) is 0 Å². The molecule has 2 rings (SSSR count). The second-order valence-corrected chi connectivity index (χ2v) is 7.78. The van der Waals surface area contributed by atoms with Crippen LogP contribution < -0.4 is 10.2 Å². The number of hydrogen-bond acceptors (Lipinski definition) is 4. The lowest BCUT2D eigenvalue weighted by molar-refractivity contribution is 0.466. The molecule has 0 aliphatic carbocycles. The molecular weight excluding hydrogens is 396 g/mol. The molecule has 0 bridgehead atoms. The molecule has 160 valence electrons. The largest absolute Gasteiger partial charge is 0.507 e. The van der Waals surface area contributed by atoms with Crippen LogP contribution in [0.1, 0.15) is 41.7 Å². The maximum Gasteiger partial charge on any atom is 0.131 e. The highest BCUT2D eigenvalue weighted by molar-refractivity contribution is 6.32. The Hall–Kier alpha value is -2.85. The summed E-state index contributed by atoms with van der Waals surface area (Å²) in [7, 11) is 0. The van der Waals surface area contributed by atoms with Gasteiger partial charge in [0.1, 0.15) is 11.5 Å².